The summed E-state index contributed by atoms with van der Waals surface area (Å²) in [6.07, 6.45) is 5.90. The number of esters is 1. The van der Waals surface area contributed by atoms with Crippen LogP contribution in [0.5, 0.6) is 0 Å². The molecule has 0 unspecified atom stereocenters. The molecule has 35 heavy (non-hydrogen) atoms. The number of aromatic amines is 1. The maximum Gasteiger partial charge on any atom is 0.356 e. The minimum absolute atomic E-state index is 0.0444. The normalized spacial score (nSPS) is 18.8. The van der Waals surface area contributed by atoms with Crippen LogP contribution in [0.2, 0.25) is 0 Å². The smallest absolute Gasteiger partial charge is 0.356 e. The number of nitrogens with one attached hydrogen (secondary N) is 2. The van der Waals surface area contributed by atoms with Crippen LogP contribution in [0.4, 0.5) is 17.3 Å². The van der Waals surface area contributed by atoms with Crippen LogP contribution in [0.15, 0.2) is 24.4 Å². The molecule has 1 aromatic carbocycles. The first kappa shape index (κ1) is 26.5. The summed E-state index contributed by atoms with van der Waals surface area (Å²) in [4.78, 5) is 32.9. The number of imidazole rings is 1. The van der Waals surface area contributed by atoms with Gasteiger partial charge in [-0.25, -0.2) is 9.78 Å². The second-order valence-corrected chi connectivity index (χ2v) is 9.75. The molecule has 1 aromatic heterocycles. The Morgan fingerprint density at radius 3 is 2.51 bits per heavy atom. The SMILES string of the molecule is COC(=O)c1cnc(Nc2cc([C@H](C)CC(=O)O)ccc2N(CC(C)C)C2CCC(OC)CC2)[nH]1. The van der Waals surface area contributed by atoms with E-state index in [4.69, 9.17) is 9.47 Å². The standard InChI is InChI=1S/C26H38N4O5/c1-16(2)15-30(19-7-9-20(34-4)10-8-19)23-11-6-18(17(3)12-24(31)32)13-21(23)28-26-27-14-22(29-26)25(33)35-5/h6,11,13-14,16-17,19-20H,7-10,12,15H2,1-5H3,(H,31,32)(H2,27,28,29)/t17-,19?,20?/m1/s1. The van der Waals surface area contributed by atoms with Gasteiger partial charge in [0, 0.05) is 19.7 Å². The molecule has 0 aliphatic heterocycles. The Bertz CT molecular complexity index is 997. The van der Waals surface area contributed by atoms with E-state index in [0.717, 1.165) is 49.2 Å². The molecule has 9 nitrogen and oxygen atoms in total. The lowest BCUT2D eigenvalue weighted by molar-refractivity contribution is -0.137. The summed E-state index contributed by atoms with van der Waals surface area (Å²) in [5.41, 5.74) is 3.02. The average Bonchev–Trinajstić information content (AvgIpc) is 3.30. The molecule has 1 atom stereocenters. The summed E-state index contributed by atoms with van der Waals surface area (Å²) in [5.74, 6) is -0.613. The van der Waals surface area contributed by atoms with Crippen LogP contribution < -0.4 is 10.2 Å². The topological polar surface area (TPSA) is 117 Å². The number of carboxylic acid groups (broad SMARTS) is 1. The van der Waals surface area contributed by atoms with Crippen LogP contribution in [0.3, 0.4) is 0 Å². The van der Waals surface area contributed by atoms with Crippen LogP contribution >= 0.6 is 0 Å². The maximum absolute atomic E-state index is 11.9. The van der Waals surface area contributed by atoms with E-state index in [0.29, 0.717) is 24.0 Å². The van der Waals surface area contributed by atoms with E-state index in [1.807, 2.05) is 19.1 Å². The number of benzene rings is 1. The lowest BCUT2D eigenvalue weighted by Gasteiger charge is -2.40. The first-order valence-corrected chi connectivity index (χ1v) is 12.3. The predicted octanol–water partition coefficient (Wildman–Crippen LogP) is 4.94. The number of aromatic nitrogens is 2. The van der Waals surface area contributed by atoms with Gasteiger partial charge in [-0.3, -0.25) is 4.79 Å². The Morgan fingerprint density at radius 1 is 1.20 bits per heavy atom. The third-order valence-corrected chi connectivity index (χ3v) is 6.59. The number of anilines is 3. The molecule has 0 amide bonds. The van der Waals surface area contributed by atoms with Gasteiger partial charge < -0.3 is 29.8 Å². The lowest BCUT2D eigenvalue weighted by atomic mass is 9.90. The number of carboxylic acids is 1. The first-order valence-electron chi connectivity index (χ1n) is 12.3. The van der Waals surface area contributed by atoms with Gasteiger partial charge in [0.05, 0.1) is 37.2 Å². The van der Waals surface area contributed by atoms with E-state index >= 15 is 0 Å². The van der Waals surface area contributed by atoms with Gasteiger partial charge >= 0.3 is 11.9 Å². The predicted molar refractivity (Wildman–Crippen MR) is 136 cm³/mol. The van der Waals surface area contributed by atoms with Gasteiger partial charge in [0.15, 0.2) is 0 Å². The third-order valence-electron chi connectivity index (χ3n) is 6.59. The highest BCUT2D eigenvalue weighted by molar-refractivity contribution is 5.87. The molecular weight excluding hydrogens is 448 g/mol. The van der Waals surface area contributed by atoms with E-state index in [1.165, 1.54) is 13.3 Å². The largest absolute Gasteiger partial charge is 0.481 e. The summed E-state index contributed by atoms with van der Waals surface area (Å²) in [6, 6.07) is 6.46. The van der Waals surface area contributed by atoms with Gasteiger partial charge in [0.2, 0.25) is 5.95 Å². The molecule has 0 radical (unpaired) electrons. The zero-order chi connectivity index (χ0) is 25.5. The van der Waals surface area contributed by atoms with Gasteiger partial charge in [0.1, 0.15) is 5.69 Å². The van der Waals surface area contributed by atoms with Gasteiger partial charge in [-0.05, 0) is 55.2 Å². The van der Waals surface area contributed by atoms with Crippen molar-refractivity contribution in [3.05, 3.63) is 35.7 Å². The van der Waals surface area contributed by atoms with E-state index in [2.05, 4.69) is 40.1 Å². The third kappa shape index (κ3) is 6.97. The molecule has 3 N–H and O–H groups in total. The van der Waals surface area contributed by atoms with Crippen molar-refractivity contribution in [1.29, 1.82) is 0 Å². The van der Waals surface area contributed by atoms with E-state index in [9.17, 15) is 14.7 Å². The minimum atomic E-state index is -0.832. The van der Waals surface area contributed by atoms with Crippen LogP contribution in [-0.2, 0) is 14.3 Å². The Kier molecular flexibility index (Phi) is 9.14. The molecule has 192 valence electrons. The molecule has 0 spiro atoms. The van der Waals surface area contributed by atoms with Gasteiger partial charge in [-0.15, -0.1) is 0 Å². The lowest BCUT2D eigenvalue weighted by Crippen LogP contribution is -2.41. The molecule has 9 heteroatoms. The van der Waals surface area contributed by atoms with Crippen LogP contribution in [-0.4, -0.2) is 59.9 Å². The molecule has 0 saturated heterocycles. The van der Waals surface area contributed by atoms with Crippen LogP contribution in [0, 0.1) is 5.92 Å². The van der Waals surface area contributed by atoms with Crippen molar-refractivity contribution >= 4 is 29.3 Å². The molecule has 1 aliphatic rings. The van der Waals surface area contributed by atoms with E-state index in [-0.39, 0.29) is 18.0 Å². The van der Waals surface area contributed by atoms with Gasteiger partial charge in [0.25, 0.3) is 0 Å². The fourth-order valence-electron chi connectivity index (χ4n) is 4.75. The van der Waals surface area contributed by atoms with Gasteiger partial charge in [-0.2, -0.15) is 0 Å². The summed E-state index contributed by atoms with van der Waals surface area (Å²) in [6.45, 7) is 7.21. The highest BCUT2D eigenvalue weighted by atomic mass is 16.5. The molecule has 0 bridgehead atoms. The van der Waals surface area contributed by atoms with Crippen molar-refractivity contribution in [1.82, 2.24) is 9.97 Å². The number of methoxy groups -OCH3 is 2. The second kappa shape index (κ2) is 12.1. The summed E-state index contributed by atoms with van der Waals surface area (Å²) in [7, 11) is 3.10. The fraction of sp³-hybridized carbons (Fsp3) is 0.577. The summed E-state index contributed by atoms with van der Waals surface area (Å²) < 4.78 is 10.4. The van der Waals surface area contributed by atoms with E-state index in [1.54, 1.807) is 7.11 Å². The average molecular weight is 487 g/mol. The Hall–Kier alpha value is -3.07. The zero-order valence-electron chi connectivity index (χ0n) is 21.3. The van der Waals surface area contributed by atoms with Gasteiger partial charge in [-0.1, -0.05) is 26.8 Å². The molecular formula is C26H38N4O5. The zero-order valence-corrected chi connectivity index (χ0v) is 21.3. The highest BCUT2D eigenvalue weighted by Crippen LogP contribution is 2.37. The number of carbonyl (C=O) groups excluding carboxylic acids is 1. The maximum atomic E-state index is 11.9. The Labute approximate surface area is 207 Å². The Balaban J connectivity index is 1.98. The molecule has 2 aromatic rings. The number of aliphatic carboxylic acids is 1. The van der Waals surface area contributed by atoms with Crippen molar-refractivity contribution in [3.8, 4) is 0 Å². The van der Waals surface area contributed by atoms with Crippen molar-refractivity contribution in [2.24, 2.45) is 5.92 Å². The van der Waals surface area contributed by atoms with E-state index < -0.39 is 11.9 Å². The Morgan fingerprint density at radius 2 is 1.91 bits per heavy atom. The van der Waals surface area contributed by atoms with Crippen LogP contribution in [0.25, 0.3) is 0 Å². The number of hydrogen-bond donors (Lipinski definition) is 3. The van der Waals surface area contributed by atoms with Crippen molar-refractivity contribution in [2.75, 3.05) is 31.0 Å². The number of nitrogens with zero attached hydrogens (tertiary/aromatic N) is 2. The minimum Gasteiger partial charge on any atom is -0.481 e. The summed E-state index contributed by atoms with van der Waals surface area (Å²) >= 11 is 0. The quantitative estimate of drug-likeness (QED) is 0.383. The molecule has 1 saturated carbocycles. The summed E-state index contributed by atoms with van der Waals surface area (Å²) in [5, 5.41) is 12.6. The number of H-pyrrole nitrogens is 1. The van der Waals surface area contributed by atoms with Crippen molar-refractivity contribution in [3.63, 3.8) is 0 Å². The van der Waals surface area contributed by atoms with Crippen LogP contribution in [0.1, 0.15) is 74.8 Å². The highest BCUT2D eigenvalue weighted by Gasteiger charge is 2.28. The number of ether oxygens (including phenoxy) is 2. The molecule has 1 fully saturated rings. The fourth-order valence-corrected chi connectivity index (χ4v) is 4.75. The number of rotatable bonds is 11. The number of hydrogen-bond acceptors (Lipinski definition) is 7. The monoisotopic (exact) mass is 486 g/mol. The molecule has 1 aliphatic carbocycles. The van der Waals surface area contributed by atoms with Crippen molar-refractivity contribution in [2.45, 2.75) is 70.9 Å². The first-order chi connectivity index (χ1) is 16.7. The molecule has 1 heterocycles. The number of carbonyl (C=O) groups is 2. The second-order valence-electron chi connectivity index (χ2n) is 9.75. The van der Waals surface area contributed by atoms with Crippen molar-refractivity contribution < 1.29 is 24.2 Å². The molecule has 3 rings (SSSR count).